The quantitative estimate of drug-likeness (QED) is 0.747. The molecule has 1 unspecified atom stereocenters. The zero-order valence-electron chi connectivity index (χ0n) is 10.2. The Labute approximate surface area is 107 Å². The summed E-state index contributed by atoms with van der Waals surface area (Å²) >= 11 is 3.50. The molecule has 1 nitrogen and oxygen atoms in total. The molecule has 2 heteroatoms. The van der Waals surface area contributed by atoms with Gasteiger partial charge in [0.15, 0.2) is 0 Å². The second-order valence-electron chi connectivity index (χ2n) is 4.32. The van der Waals surface area contributed by atoms with Crippen molar-refractivity contribution in [3.05, 3.63) is 33.8 Å². The monoisotopic (exact) mass is 284 g/mol. The summed E-state index contributed by atoms with van der Waals surface area (Å²) in [7, 11) is 0. The summed E-state index contributed by atoms with van der Waals surface area (Å²) in [5, 5.41) is 10.1. The average molecular weight is 285 g/mol. The second-order valence-corrected chi connectivity index (χ2v) is 5.17. The highest BCUT2D eigenvalue weighted by atomic mass is 79.9. The number of unbranched alkanes of at least 4 members (excludes halogenated alkanes) is 3. The van der Waals surface area contributed by atoms with Crippen LogP contribution in [0.2, 0.25) is 0 Å². The molecule has 16 heavy (non-hydrogen) atoms. The average Bonchev–Trinajstić information content (AvgIpc) is 2.28. The molecule has 0 saturated heterocycles. The van der Waals surface area contributed by atoms with Gasteiger partial charge in [-0.15, -0.1) is 0 Å². The van der Waals surface area contributed by atoms with Gasteiger partial charge in [0.25, 0.3) is 0 Å². The van der Waals surface area contributed by atoms with E-state index in [2.05, 4.69) is 29.8 Å². The standard InChI is InChI=1S/C14H21BrO/c1-3-4-5-6-10-14(16)12-8-7-9-13(15)11(12)2/h7-9,14,16H,3-6,10H2,1-2H3. The smallest absolute Gasteiger partial charge is 0.0793 e. The van der Waals surface area contributed by atoms with Crippen LogP contribution in [0, 0.1) is 6.92 Å². The van der Waals surface area contributed by atoms with Gasteiger partial charge in [-0.2, -0.15) is 0 Å². The van der Waals surface area contributed by atoms with Crippen LogP contribution in [0.15, 0.2) is 22.7 Å². The largest absolute Gasteiger partial charge is 0.388 e. The lowest BCUT2D eigenvalue weighted by Gasteiger charge is -2.14. The maximum Gasteiger partial charge on any atom is 0.0793 e. The number of aliphatic hydroxyl groups excluding tert-OH is 1. The van der Waals surface area contributed by atoms with Crippen molar-refractivity contribution in [2.45, 2.75) is 52.1 Å². The van der Waals surface area contributed by atoms with Crippen molar-refractivity contribution in [1.29, 1.82) is 0 Å². The minimum absolute atomic E-state index is 0.311. The second kappa shape index (κ2) is 7.08. The minimum Gasteiger partial charge on any atom is -0.388 e. The first kappa shape index (κ1) is 13.7. The molecule has 0 aliphatic heterocycles. The van der Waals surface area contributed by atoms with E-state index in [1.165, 1.54) is 19.3 Å². The van der Waals surface area contributed by atoms with Gasteiger partial charge in [-0.05, 0) is 30.5 Å². The van der Waals surface area contributed by atoms with Gasteiger partial charge in [0.1, 0.15) is 0 Å². The van der Waals surface area contributed by atoms with Crippen LogP contribution in [0.4, 0.5) is 0 Å². The molecule has 0 amide bonds. The van der Waals surface area contributed by atoms with Gasteiger partial charge in [-0.1, -0.05) is 60.7 Å². The van der Waals surface area contributed by atoms with Crippen molar-refractivity contribution >= 4 is 15.9 Å². The van der Waals surface area contributed by atoms with Crippen molar-refractivity contribution in [3.8, 4) is 0 Å². The van der Waals surface area contributed by atoms with Crippen LogP contribution in [0.25, 0.3) is 0 Å². The van der Waals surface area contributed by atoms with Gasteiger partial charge in [-0.3, -0.25) is 0 Å². The molecule has 0 aliphatic rings. The molecule has 0 bridgehead atoms. The van der Waals surface area contributed by atoms with Crippen LogP contribution in [0.3, 0.4) is 0 Å². The third-order valence-corrected chi connectivity index (χ3v) is 3.86. The molecule has 0 aliphatic carbocycles. The topological polar surface area (TPSA) is 20.2 Å². The fourth-order valence-electron chi connectivity index (χ4n) is 1.91. The third-order valence-electron chi connectivity index (χ3n) is 3.00. The minimum atomic E-state index is -0.311. The zero-order chi connectivity index (χ0) is 12.0. The molecule has 1 rings (SSSR count). The van der Waals surface area contributed by atoms with Crippen molar-refractivity contribution in [2.24, 2.45) is 0 Å². The lowest BCUT2D eigenvalue weighted by atomic mass is 9.99. The molecule has 1 aromatic rings. The van der Waals surface area contributed by atoms with E-state index in [1.54, 1.807) is 0 Å². The molecule has 0 fully saturated rings. The van der Waals surface area contributed by atoms with Gasteiger partial charge in [0.05, 0.1) is 6.10 Å². The molecule has 0 heterocycles. The number of hydrogen-bond donors (Lipinski definition) is 1. The predicted octanol–water partition coefficient (Wildman–Crippen LogP) is 4.76. The van der Waals surface area contributed by atoms with Crippen molar-refractivity contribution < 1.29 is 5.11 Å². The zero-order valence-corrected chi connectivity index (χ0v) is 11.8. The highest BCUT2D eigenvalue weighted by Gasteiger charge is 2.11. The Morgan fingerprint density at radius 1 is 1.25 bits per heavy atom. The fourth-order valence-corrected chi connectivity index (χ4v) is 2.29. The van der Waals surface area contributed by atoms with Crippen LogP contribution in [-0.4, -0.2) is 5.11 Å². The third kappa shape index (κ3) is 3.91. The highest BCUT2D eigenvalue weighted by Crippen LogP contribution is 2.27. The maximum absolute atomic E-state index is 10.1. The van der Waals surface area contributed by atoms with Crippen LogP contribution >= 0.6 is 15.9 Å². The molecule has 0 aromatic heterocycles. The molecule has 0 spiro atoms. The Morgan fingerprint density at radius 3 is 2.69 bits per heavy atom. The van der Waals surface area contributed by atoms with E-state index in [0.29, 0.717) is 0 Å². The Morgan fingerprint density at radius 2 is 2.00 bits per heavy atom. The Bertz CT molecular complexity index is 323. The number of rotatable bonds is 6. The first-order valence-electron chi connectivity index (χ1n) is 6.10. The van der Waals surface area contributed by atoms with E-state index in [9.17, 15) is 5.11 Å². The Balaban J connectivity index is 2.52. The molecule has 0 radical (unpaired) electrons. The summed E-state index contributed by atoms with van der Waals surface area (Å²) in [6, 6.07) is 6.02. The van der Waals surface area contributed by atoms with E-state index in [1.807, 2.05) is 18.2 Å². The van der Waals surface area contributed by atoms with Crippen LogP contribution < -0.4 is 0 Å². The molecular weight excluding hydrogens is 264 g/mol. The SMILES string of the molecule is CCCCCCC(O)c1cccc(Br)c1C. The van der Waals surface area contributed by atoms with Crippen LogP contribution in [-0.2, 0) is 0 Å². The van der Waals surface area contributed by atoms with E-state index < -0.39 is 0 Å². The van der Waals surface area contributed by atoms with Crippen LogP contribution in [0.5, 0.6) is 0 Å². The van der Waals surface area contributed by atoms with E-state index in [4.69, 9.17) is 0 Å². The van der Waals surface area contributed by atoms with Gasteiger partial charge in [0.2, 0.25) is 0 Å². The van der Waals surface area contributed by atoms with Gasteiger partial charge >= 0.3 is 0 Å². The summed E-state index contributed by atoms with van der Waals surface area (Å²) < 4.78 is 1.08. The Kier molecular flexibility index (Phi) is 6.07. The number of benzene rings is 1. The summed E-state index contributed by atoms with van der Waals surface area (Å²) in [6.45, 7) is 4.25. The molecule has 1 aromatic carbocycles. The molecule has 1 atom stereocenters. The molecular formula is C14H21BrO. The van der Waals surface area contributed by atoms with Crippen LogP contribution in [0.1, 0.15) is 56.3 Å². The lowest BCUT2D eigenvalue weighted by molar-refractivity contribution is 0.162. The van der Waals surface area contributed by atoms with E-state index >= 15 is 0 Å². The number of aliphatic hydroxyl groups is 1. The highest BCUT2D eigenvalue weighted by molar-refractivity contribution is 9.10. The normalized spacial score (nSPS) is 12.8. The first-order valence-corrected chi connectivity index (χ1v) is 6.89. The molecule has 0 saturated carbocycles. The summed E-state index contributed by atoms with van der Waals surface area (Å²) in [4.78, 5) is 0. The van der Waals surface area contributed by atoms with Crippen molar-refractivity contribution in [1.82, 2.24) is 0 Å². The van der Waals surface area contributed by atoms with Gasteiger partial charge < -0.3 is 5.11 Å². The first-order chi connectivity index (χ1) is 7.66. The Hall–Kier alpha value is -0.340. The predicted molar refractivity (Wildman–Crippen MR) is 72.6 cm³/mol. The maximum atomic E-state index is 10.1. The van der Waals surface area contributed by atoms with Crippen molar-refractivity contribution in [2.75, 3.05) is 0 Å². The fraction of sp³-hybridized carbons (Fsp3) is 0.571. The summed E-state index contributed by atoms with van der Waals surface area (Å²) in [5.41, 5.74) is 2.22. The number of halogens is 1. The van der Waals surface area contributed by atoms with E-state index in [-0.39, 0.29) is 6.10 Å². The van der Waals surface area contributed by atoms with E-state index in [0.717, 1.165) is 28.4 Å². The van der Waals surface area contributed by atoms with Gasteiger partial charge in [0, 0.05) is 4.47 Å². The summed E-state index contributed by atoms with van der Waals surface area (Å²) in [6.07, 6.45) is 5.41. The molecule has 1 N–H and O–H groups in total. The van der Waals surface area contributed by atoms with Crippen molar-refractivity contribution in [3.63, 3.8) is 0 Å². The van der Waals surface area contributed by atoms with Gasteiger partial charge in [-0.25, -0.2) is 0 Å². The summed E-state index contributed by atoms with van der Waals surface area (Å²) in [5.74, 6) is 0. The number of hydrogen-bond acceptors (Lipinski definition) is 1. The lowest BCUT2D eigenvalue weighted by Crippen LogP contribution is -2.00. The molecule has 90 valence electrons.